The van der Waals surface area contributed by atoms with Gasteiger partial charge in [-0.25, -0.2) is 9.18 Å². The summed E-state index contributed by atoms with van der Waals surface area (Å²) in [4.78, 5) is 28.9. The minimum atomic E-state index is -1.17. The molecule has 3 aromatic rings. The maximum atomic E-state index is 16.0. The Labute approximate surface area is 247 Å². The van der Waals surface area contributed by atoms with Gasteiger partial charge < -0.3 is 21.1 Å². The van der Waals surface area contributed by atoms with Gasteiger partial charge in [0.25, 0.3) is 0 Å². The van der Waals surface area contributed by atoms with E-state index in [1.54, 1.807) is 42.5 Å². The number of amides is 1. The van der Waals surface area contributed by atoms with Crippen LogP contribution >= 0.6 is 23.2 Å². The smallest absolute Gasteiger partial charge is 0.337 e. The molecule has 0 bridgehead atoms. The lowest BCUT2D eigenvalue weighted by Crippen LogP contribution is -2.53. The van der Waals surface area contributed by atoms with E-state index >= 15 is 4.39 Å². The molecular weight excluding hydrogens is 566 g/mol. The van der Waals surface area contributed by atoms with Gasteiger partial charge in [-0.1, -0.05) is 41.4 Å². The van der Waals surface area contributed by atoms with Crippen LogP contribution in [-0.2, 0) is 15.1 Å². The highest BCUT2D eigenvalue weighted by atomic mass is 35.5. The van der Waals surface area contributed by atoms with E-state index < -0.39 is 23.2 Å². The van der Waals surface area contributed by atoms with Crippen molar-refractivity contribution in [3.05, 3.63) is 92.7 Å². The fraction of sp³-hybridized carbons (Fsp3) is 0.355. The van der Waals surface area contributed by atoms with Crippen LogP contribution in [0.25, 0.3) is 0 Å². The molecule has 1 amide bonds. The van der Waals surface area contributed by atoms with E-state index in [0.717, 1.165) is 24.0 Å². The standard InChI is InChI=1S/C31H29Cl2FN4O3/c1-41-29(39)16-7-10-22(35)19(11-16)23-13-25-28(36-23)26(18-3-2-4-21(33)27(18)34)31(38(25)14-15-5-6-15)20-9-8-17(32)12-24(20)37-30(31)40/h2-4,7-12,15,23,25-26,28,36H,5-6,13-14,35H2,1H3,(H,37,40)/t23?,25-,26-,28+,31+/m0/s1. The lowest BCUT2D eigenvalue weighted by molar-refractivity contribution is -0.128. The number of carbonyl (C=O) groups is 2. The van der Waals surface area contributed by atoms with E-state index in [1.165, 1.54) is 13.2 Å². The number of methoxy groups -OCH3 is 1. The second-order valence-corrected chi connectivity index (χ2v) is 12.4. The minimum Gasteiger partial charge on any atom is -0.465 e. The molecule has 1 saturated carbocycles. The molecular formula is C31H29Cl2FN4O3. The predicted molar refractivity (Wildman–Crippen MR) is 156 cm³/mol. The first-order valence-corrected chi connectivity index (χ1v) is 14.6. The zero-order valence-electron chi connectivity index (χ0n) is 22.3. The van der Waals surface area contributed by atoms with Crippen molar-refractivity contribution < 1.29 is 18.7 Å². The SMILES string of the molecule is COC(=O)c1ccc(N)c(C2C[C@H]3[C@@H](N2)[C@H](c2cccc(Cl)c2F)[C@]2(C(=O)Nc4cc(Cl)ccc42)N3CC2CC2)c1. The predicted octanol–water partition coefficient (Wildman–Crippen LogP) is 5.63. The highest BCUT2D eigenvalue weighted by Gasteiger charge is 2.69. The van der Waals surface area contributed by atoms with Crippen molar-refractivity contribution in [3.63, 3.8) is 0 Å². The number of hydrogen-bond donors (Lipinski definition) is 3. The molecule has 1 unspecified atom stereocenters. The van der Waals surface area contributed by atoms with Crippen LogP contribution in [0.3, 0.4) is 0 Å². The highest BCUT2D eigenvalue weighted by Crippen LogP contribution is 2.61. The van der Waals surface area contributed by atoms with Crippen LogP contribution < -0.4 is 16.4 Å². The Kier molecular flexibility index (Phi) is 6.32. The lowest BCUT2D eigenvalue weighted by atomic mass is 9.73. The van der Waals surface area contributed by atoms with E-state index in [2.05, 4.69) is 15.5 Å². The third-order valence-corrected chi connectivity index (χ3v) is 9.81. The van der Waals surface area contributed by atoms with Crippen LogP contribution in [0, 0.1) is 11.7 Å². The molecule has 2 saturated heterocycles. The fourth-order valence-corrected chi connectivity index (χ4v) is 7.75. The first kappa shape index (κ1) is 26.7. The Morgan fingerprint density at radius 1 is 1.15 bits per heavy atom. The van der Waals surface area contributed by atoms with E-state index in [1.807, 2.05) is 6.07 Å². The number of esters is 1. The van der Waals surface area contributed by atoms with E-state index in [9.17, 15) is 9.59 Å². The molecule has 7 rings (SSSR count). The summed E-state index contributed by atoms with van der Waals surface area (Å²) in [5.74, 6) is -1.33. The first-order chi connectivity index (χ1) is 19.7. The number of nitrogens with two attached hydrogens (primary N) is 1. The summed E-state index contributed by atoms with van der Waals surface area (Å²) in [6.07, 6.45) is 2.78. The van der Waals surface area contributed by atoms with Crippen LogP contribution in [0.4, 0.5) is 15.8 Å². The highest BCUT2D eigenvalue weighted by molar-refractivity contribution is 6.31. The summed E-state index contributed by atoms with van der Waals surface area (Å²) in [6.45, 7) is 0.696. The monoisotopic (exact) mass is 594 g/mol. The normalized spacial score (nSPS) is 28.5. The Bertz CT molecular complexity index is 1600. The number of nitrogens with zero attached hydrogens (tertiary/aromatic N) is 1. The maximum absolute atomic E-state index is 16.0. The van der Waals surface area contributed by atoms with Crippen LogP contribution in [-0.4, -0.2) is 42.5 Å². The van der Waals surface area contributed by atoms with E-state index in [4.69, 9.17) is 33.7 Å². The summed E-state index contributed by atoms with van der Waals surface area (Å²) in [7, 11) is 1.34. The summed E-state index contributed by atoms with van der Waals surface area (Å²) >= 11 is 12.7. The molecule has 5 atom stereocenters. The molecule has 212 valence electrons. The number of rotatable bonds is 5. The van der Waals surface area contributed by atoms with Gasteiger partial charge in [-0.15, -0.1) is 0 Å². The molecule has 3 fully saturated rings. The number of ether oxygens (including phenoxy) is 1. The first-order valence-electron chi connectivity index (χ1n) is 13.8. The van der Waals surface area contributed by atoms with Gasteiger partial charge in [-0.2, -0.15) is 0 Å². The zero-order valence-corrected chi connectivity index (χ0v) is 23.8. The van der Waals surface area contributed by atoms with Crippen LogP contribution in [0.15, 0.2) is 54.6 Å². The van der Waals surface area contributed by atoms with Gasteiger partial charge in [0.2, 0.25) is 5.91 Å². The van der Waals surface area contributed by atoms with Crippen molar-refractivity contribution in [3.8, 4) is 0 Å². The molecule has 4 N–H and O–H groups in total. The van der Waals surface area contributed by atoms with Crippen LogP contribution in [0.5, 0.6) is 0 Å². The van der Waals surface area contributed by atoms with Gasteiger partial charge in [-0.3, -0.25) is 9.69 Å². The summed E-state index contributed by atoms with van der Waals surface area (Å²) < 4.78 is 20.9. The average Bonchev–Trinajstić information content (AvgIpc) is 3.53. The molecule has 3 aromatic carbocycles. The number of hydrogen-bond acceptors (Lipinski definition) is 6. The van der Waals surface area contributed by atoms with Crippen molar-refractivity contribution in [1.29, 1.82) is 0 Å². The molecule has 3 heterocycles. The third-order valence-electron chi connectivity index (χ3n) is 9.29. The van der Waals surface area contributed by atoms with Gasteiger partial charge in [0.05, 0.1) is 17.7 Å². The molecule has 1 spiro atoms. The summed E-state index contributed by atoms with van der Waals surface area (Å²) in [5, 5.41) is 7.33. The van der Waals surface area contributed by atoms with Crippen molar-refractivity contribution in [1.82, 2.24) is 10.2 Å². The Morgan fingerprint density at radius 2 is 1.95 bits per heavy atom. The number of likely N-dealkylation sites (tertiary alicyclic amines) is 1. The molecule has 41 heavy (non-hydrogen) atoms. The Morgan fingerprint density at radius 3 is 2.71 bits per heavy atom. The van der Waals surface area contributed by atoms with E-state index in [0.29, 0.717) is 46.4 Å². The summed E-state index contributed by atoms with van der Waals surface area (Å²) in [5.41, 5.74) is 8.80. The summed E-state index contributed by atoms with van der Waals surface area (Å²) in [6, 6.07) is 14.8. The number of nitrogen functional groups attached to an aromatic ring is 1. The molecule has 1 aliphatic carbocycles. The second-order valence-electron chi connectivity index (χ2n) is 11.5. The van der Waals surface area contributed by atoms with Crippen LogP contribution in [0.2, 0.25) is 10.0 Å². The quantitative estimate of drug-likeness (QED) is 0.262. The van der Waals surface area contributed by atoms with Crippen molar-refractivity contribution >= 4 is 46.5 Å². The van der Waals surface area contributed by atoms with Crippen molar-refractivity contribution in [2.24, 2.45) is 5.92 Å². The second kappa shape index (κ2) is 9.70. The Balaban J connectivity index is 1.41. The van der Waals surface area contributed by atoms with Gasteiger partial charge in [0.15, 0.2) is 0 Å². The molecule has 0 aromatic heterocycles. The number of halogens is 3. The number of carbonyl (C=O) groups excluding carboxylic acids is 2. The van der Waals surface area contributed by atoms with E-state index in [-0.39, 0.29) is 29.1 Å². The maximum Gasteiger partial charge on any atom is 0.337 e. The number of anilines is 2. The lowest BCUT2D eigenvalue weighted by Gasteiger charge is -2.41. The van der Waals surface area contributed by atoms with Gasteiger partial charge in [-0.05, 0) is 72.7 Å². The number of benzene rings is 3. The molecule has 4 aliphatic rings. The van der Waals surface area contributed by atoms with Gasteiger partial charge in [0.1, 0.15) is 11.4 Å². The third kappa shape index (κ3) is 3.99. The average molecular weight is 596 g/mol. The number of fused-ring (bicyclic) bond motifs is 3. The topological polar surface area (TPSA) is 96.7 Å². The molecule has 0 radical (unpaired) electrons. The molecule has 7 nitrogen and oxygen atoms in total. The zero-order chi connectivity index (χ0) is 28.6. The largest absolute Gasteiger partial charge is 0.465 e. The minimum absolute atomic E-state index is 0.00847. The molecule has 3 aliphatic heterocycles. The van der Waals surface area contributed by atoms with Crippen molar-refractivity contribution in [2.75, 3.05) is 24.7 Å². The Hall–Kier alpha value is -3.17. The van der Waals surface area contributed by atoms with Crippen LogP contribution in [0.1, 0.15) is 58.3 Å². The van der Waals surface area contributed by atoms with Crippen molar-refractivity contribution in [2.45, 2.75) is 48.8 Å². The van der Waals surface area contributed by atoms with Gasteiger partial charge in [0, 0.05) is 52.5 Å². The fourth-order valence-electron chi connectivity index (χ4n) is 7.40. The van der Waals surface area contributed by atoms with Gasteiger partial charge >= 0.3 is 5.97 Å². The number of nitrogens with one attached hydrogen (secondary N) is 2. The molecule has 10 heteroatoms.